The predicted molar refractivity (Wildman–Crippen MR) is 61.4 cm³/mol. The van der Waals surface area contributed by atoms with Gasteiger partial charge in [0, 0.05) is 18.0 Å². The summed E-state index contributed by atoms with van der Waals surface area (Å²) in [5.41, 5.74) is 2.23. The quantitative estimate of drug-likeness (QED) is 0.787. The highest BCUT2D eigenvalue weighted by molar-refractivity contribution is 5.58. The largest absolute Gasteiger partial charge is 0.261 e. The number of aromatic nitrogens is 2. The van der Waals surface area contributed by atoms with Crippen LogP contribution in [0.4, 0.5) is 4.39 Å². The van der Waals surface area contributed by atoms with E-state index in [2.05, 4.69) is 9.97 Å². The van der Waals surface area contributed by atoms with Crippen LogP contribution in [-0.4, -0.2) is 9.97 Å². The van der Waals surface area contributed by atoms with Crippen LogP contribution in [0.15, 0.2) is 36.8 Å². The maximum atomic E-state index is 13.7. The van der Waals surface area contributed by atoms with E-state index in [1.807, 2.05) is 19.1 Å². The van der Waals surface area contributed by atoms with Gasteiger partial charge in [0.25, 0.3) is 0 Å². The molecule has 0 saturated carbocycles. The van der Waals surface area contributed by atoms with E-state index < -0.39 is 0 Å². The van der Waals surface area contributed by atoms with Crippen LogP contribution in [-0.2, 0) is 6.42 Å². The van der Waals surface area contributed by atoms with Crippen LogP contribution < -0.4 is 0 Å². The molecule has 0 spiro atoms. The standard InChI is InChI=1S/C13H13FN2/c1-2-3-10-4-5-11(8-12(10)14)13-9-15-6-7-16-13/h4-9H,2-3H2,1H3. The van der Waals surface area contributed by atoms with Crippen molar-refractivity contribution in [1.82, 2.24) is 9.97 Å². The molecule has 1 aromatic carbocycles. The van der Waals surface area contributed by atoms with Crippen LogP contribution in [0, 0.1) is 5.82 Å². The van der Waals surface area contributed by atoms with Gasteiger partial charge in [-0.3, -0.25) is 9.97 Å². The SMILES string of the molecule is CCCc1ccc(-c2cnccn2)cc1F. The summed E-state index contributed by atoms with van der Waals surface area (Å²) in [5, 5.41) is 0. The van der Waals surface area contributed by atoms with Crippen molar-refractivity contribution in [2.45, 2.75) is 19.8 Å². The van der Waals surface area contributed by atoms with Crippen molar-refractivity contribution < 1.29 is 4.39 Å². The first-order valence-corrected chi connectivity index (χ1v) is 5.36. The Bertz CT molecular complexity index is 469. The molecule has 0 atom stereocenters. The first kappa shape index (κ1) is 10.7. The Morgan fingerprint density at radius 3 is 2.75 bits per heavy atom. The maximum Gasteiger partial charge on any atom is 0.127 e. The Labute approximate surface area is 94.2 Å². The van der Waals surface area contributed by atoms with Crippen molar-refractivity contribution in [1.29, 1.82) is 0 Å². The van der Waals surface area contributed by atoms with Gasteiger partial charge in [0.1, 0.15) is 5.82 Å². The van der Waals surface area contributed by atoms with Crippen molar-refractivity contribution in [3.8, 4) is 11.3 Å². The van der Waals surface area contributed by atoms with E-state index in [9.17, 15) is 4.39 Å². The van der Waals surface area contributed by atoms with Gasteiger partial charge in [-0.25, -0.2) is 4.39 Å². The average molecular weight is 216 g/mol. The molecule has 0 aliphatic heterocycles. The van der Waals surface area contributed by atoms with Crippen LogP contribution in [0.5, 0.6) is 0 Å². The van der Waals surface area contributed by atoms with Gasteiger partial charge in [0.2, 0.25) is 0 Å². The van der Waals surface area contributed by atoms with E-state index in [4.69, 9.17) is 0 Å². The van der Waals surface area contributed by atoms with Crippen molar-refractivity contribution in [2.75, 3.05) is 0 Å². The predicted octanol–water partition coefficient (Wildman–Crippen LogP) is 3.24. The molecule has 82 valence electrons. The second-order valence-electron chi connectivity index (χ2n) is 3.65. The van der Waals surface area contributed by atoms with E-state index in [-0.39, 0.29) is 5.82 Å². The van der Waals surface area contributed by atoms with E-state index >= 15 is 0 Å². The number of halogens is 1. The van der Waals surface area contributed by atoms with Crippen LogP contribution in [0.2, 0.25) is 0 Å². The molecule has 0 unspecified atom stereocenters. The lowest BCUT2D eigenvalue weighted by atomic mass is 10.1. The van der Waals surface area contributed by atoms with Crippen molar-refractivity contribution >= 4 is 0 Å². The topological polar surface area (TPSA) is 25.8 Å². The first-order valence-electron chi connectivity index (χ1n) is 5.36. The van der Waals surface area contributed by atoms with E-state index in [0.717, 1.165) is 24.0 Å². The Kier molecular flexibility index (Phi) is 3.25. The smallest absolute Gasteiger partial charge is 0.127 e. The van der Waals surface area contributed by atoms with Gasteiger partial charge < -0.3 is 0 Å². The molecule has 2 rings (SSSR count). The van der Waals surface area contributed by atoms with Crippen LogP contribution in [0.25, 0.3) is 11.3 Å². The number of benzene rings is 1. The van der Waals surface area contributed by atoms with Gasteiger partial charge in [0.15, 0.2) is 0 Å². The summed E-state index contributed by atoms with van der Waals surface area (Å²) in [6, 6.07) is 5.23. The monoisotopic (exact) mass is 216 g/mol. The molecule has 0 radical (unpaired) electrons. The summed E-state index contributed by atoms with van der Waals surface area (Å²) in [6.07, 6.45) is 6.56. The van der Waals surface area contributed by atoms with Crippen LogP contribution in [0.1, 0.15) is 18.9 Å². The second-order valence-corrected chi connectivity index (χ2v) is 3.65. The third-order valence-corrected chi connectivity index (χ3v) is 2.43. The zero-order chi connectivity index (χ0) is 11.4. The highest BCUT2D eigenvalue weighted by Crippen LogP contribution is 2.19. The number of hydrogen-bond acceptors (Lipinski definition) is 2. The molecule has 2 aromatic rings. The molecule has 1 aromatic heterocycles. The molecule has 1 heterocycles. The normalized spacial score (nSPS) is 10.4. The van der Waals surface area contributed by atoms with Crippen LogP contribution >= 0.6 is 0 Å². The number of aryl methyl sites for hydroxylation is 1. The summed E-state index contributed by atoms with van der Waals surface area (Å²) in [7, 11) is 0. The number of rotatable bonds is 3. The molecule has 0 bridgehead atoms. The molecule has 0 N–H and O–H groups in total. The molecule has 0 aliphatic carbocycles. The van der Waals surface area contributed by atoms with Gasteiger partial charge in [-0.05, 0) is 18.1 Å². The van der Waals surface area contributed by atoms with Gasteiger partial charge in [-0.15, -0.1) is 0 Å². The summed E-state index contributed by atoms with van der Waals surface area (Å²) >= 11 is 0. The molecule has 0 amide bonds. The van der Waals surface area contributed by atoms with Crippen LogP contribution in [0.3, 0.4) is 0 Å². The summed E-state index contributed by atoms with van der Waals surface area (Å²) < 4.78 is 13.7. The van der Waals surface area contributed by atoms with Crippen molar-refractivity contribution in [3.05, 3.63) is 48.2 Å². The Hall–Kier alpha value is -1.77. The van der Waals surface area contributed by atoms with Crippen molar-refractivity contribution in [3.63, 3.8) is 0 Å². The third kappa shape index (κ3) is 2.24. The van der Waals surface area contributed by atoms with E-state index in [1.54, 1.807) is 18.6 Å². The molecule has 2 nitrogen and oxygen atoms in total. The van der Waals surface area contributed by atoms with Crippen molar-refractivity contribution in [2.24, 2.45) is 0 Å². The zero-order valence-corrected chi connectivity index (χ0v) is 9.15. The average Bonchev–Trinajstić information content (AvgIpc) is 2.33. The number of nitrogens with zero attached hydrogens (tertiary/aromatic N) is 2. The molecule has 0 fully saturated rings. The molecule has 16 heavy (non-hydrogen) atoms. The molecule has 0 saturated heterocycles. The third-order valence-electron chi connectivity index (χ3n) is 2.43. The van der Waals surface area contributed by atoms with Gasteiger partial charge in [0.05, 0.1) is 11.9 Å². The summed E-state index contributed by atoms with van der Waals surface area (Å²) in [4.78, 5) is 8.10. The molecule has 0 aliphatic rings. The minimum absolute atomic E-state index is 0.162. The molecular weight excluding hydrogens is 203 g/mol. The highest BCUT2D eigenvalue weighted by atomic mass is 19.1. The summed E-state index contributed by atoms with van der Waals surface area (Å²) in [5.74, 6) is -0.162. The fourth-order valence-electron chi connectivity index (χ4n) is 1.63. The van der Waals surface area contributed by atoms with Gasteiger partial charge in [-0.2, -0.15) is 0 Å². The maximum absolute atomic E-state index is 13.7. The Morgan fingerprint density at radius 2 is 2.12 bits per heavy atom. The lowest BCUT2D eigenvalue weighted by Crippen LogP contribution is -1.91. The fraction of sp³-hybridized carbons (Fsp3) is 0.231. The lowest BCUT2D eigenvalue weighted by molar-refractivity contribution is 0.608. The number of hydrogen-bond donors (Lipinski definition) is 0. The Balaban J connectivity index is 2.35. The van der Waals surface area contributed by atoms with Gasteiger partial charge >= 0.3 is 0 Å². The first-order chi connectivity index (χ1) is 7.81. The minimum Gasteiger partial charge on any atom is -0.261 e. The van der Waals surface area contributed by atoms with Gasteiger partial charge in [-0.1, -0.05) is 25.5 Å². The summed E-state index contributed by atoms with van der Waals surface area (Å²) in [6.45, 7) is 2.04. The minimum atomic E-state index is -0.162. The second kappa shape index (κ2) is 4.84. The molecular formula is C13H13FN2. The molecule has 3 heteroatoms. The fourth-order valence-corrected chi connectivity index (χ4v) is 1.63. The zero-order valence-electron chi connectivity index (χ0n) is 9.15. The lowest BCUT2D eigenvalue weighted by Gasteiger charge is -2.04. The van der Waals surface area contributed by atoms with E-state index in [0.29, 0.717) is 5.69 Å². The Morgan fingerprint density at radius 1 is 1.25 bits per heavy atom. The highest BCUT2D eigenvalue weighted by Gasteiger charge is 2.05. The van der Waals surface area contributed by atoms with E-state index in [1.165, 1.54) is 6.07 Å².